The molecule has 10 nitrogen and oxygen atoms in total. The van der Waals surface area contributed by atoms with Crippen molar-refractivity contribution < 1.29 is 24.2 Å². The number of β-amino-alcohol motifs (C(OH)–C–C–N with tert-alkyl or cyclic N) is 1. The Kier molecular flexibility index (Phi) is 8.49. The zero-order chi connectivity index (χ0) is 27.5. The number of aliphatic hydroxyl groups is 1. The molecule has 1 aliphatic heterocycles. The number of hydrogen-bond donors (Lipinski definition) is 4. The average molecular weight is 532 g/mol. The first-order valence-electron chi connectivity index (χ1n) is 12.2. The summed E-state index contributed by atoms with van der Waals surface area (Å²) in [6, 6.07) is 5.67. The van der Waals surface area contributed by atoms with Gasteiger partial charge in [-0.15, -0.1) is 11.3 Å². The number of rotatable bonds is 6. The van der Waals surface area contributed by atoms with Gasteiger partial charge in [0, 0.05) is 13.0 Å². The van der Waals surface area contributed by atoms with E-state index in [2.05, 4.69) is 21.2 Å². The summed E-state index contributed by atoms with van der Waals surface area (Å²) in [6.07, 6.45) is -1.49. The molecule has 2 aromatic rings. The number of aliphatic hydroxyl groups excluding tert-OH is 1. The summed E-state index contributed by atoms with van der Waals surface area (Å²) in [7, 11) is 0. The van der Waals surface area contributed by atoms with Crippen molar-refractivity contribution in [2.24, 2.45) is 5.41 Å². The van der Waals surface area contributed by atoms with Gasteiger partial charge in [0.2, 0.25) is 5.91 Å². The number of carbonyl (C=O) groups excluding carboxylic acids is 3. The van der Waals surface area contributed by atoms with Crippen LogP contribution in [0, 0.1) is 12.3 Å². The fourth-order valence-electron chi connectivity index (χ4n) is 4.05. The van der Waals surface area contributed by atoms with E-state index in [1.165, 1.54) is 4.90 Å². The summed E-state index contributed by atoms with van der Waals surface area (Å²) in [4.78, 5) is 45.7. The lowest BCUT2D eigenvalue weighted by Gasteiger charge is -2.35. The average Bonchev–Trinajstić information content (AvgIpc) is 3.39. The van der Waals surface area contributed by atoms with Crippen molar-refractivity contribution in [3.63, 3.8) is 0 Å². The number of thiazole rings is 1. The number of aryl methyl sites for hydroxylation is 1. The van der Waals surface area contributed by atoms with Gasteiger partial charge in [-0.3, -0.25) is 20.4 Å². The van der Waals surface area contributed by atoms with Crippen molar-refractivity contribution in [1.82, 2.24) is 20.6 Å². The molecule has 1 unspecified atom stereocenters. The molecule has 1 saturated heterocycles. The topological polar surface area (TPSA) is 133 Å². The zero-order valence-electron chi connectivity index (χ0n) is 22.4. The molecule has 3 amide bonds. The number of alkyl carbamates (subject to hydrolysis) is 1. The summed E-state index contributed by atoms with van der Waals surface area (Å²) in [5.74, 6) is -0.920. The summed E-state index contributed by atoms with van der Waals surface area (Å²) >= 11 is 1.56. The number of aromatic nitrogens is 1. The maximum atomic E-state index is 13.5. The molecule has 4 N–H and O–H groups in total. The Balaban J connectivity index is 1.68. The van der Waals surface area contributed by atoms with Gasteiger partial charge in [0.15, 0.2) is 0 Å². The van der Waals surface area contributed by atoms with Gasteiger partial charge in [0.1, 0.15) is 17.7 Å². The van der Waals surface area contributed by atoms with E-state index < -0.39 is 47.1 Å². The Bertz CT molecular complexity index is 1120. The number of nitrogens with one attached hydrogen (secondary N) is 3. The van der Waals surface area contributed by atoms with Crippen LogP contribution in [0.5, 0.6) is 0 Å². The predicted octanol–water partition coefficient (Wildman–Crippen LogP) is 3.46. The Morgan fingerprint density at radius 1 is 1.14 bits per heavy atom. The molecule has 0 aliphatic carbocycles. The van der Waals surface area contributed by atoms with Crippen molar-refractivity contribution in [1.29, 1.82) is 0 Å². The Morgan fingerprint density at radius 2 is 1.78 bits per heavy atom. The molecule has 1 aromatic heterocycles. The summed E-state index contributed by atoms with van der Waals surface area (Å²) < 4.78 is 5.34. The van der Waals surface area contributed by atoms with Gasteiger partial charge in [-0.1, -0.05) is 32.9 Å². The highest BCUT2D eigenvalue weighted by Crippen LogP contribution is 2.29. The molecule has 0 bridgehead atoms. The van der Waals surface area contributed by atoms with Crippen LogP contribution in [0.3, 0.4) is 0 Å². The highest BCUT2D eigenvalue weighted by atomic mass is 32.1. The van der Waals surface area contributed by atoms with E-state index in [9.17, 15) is 19.5 Å². The third-order valence-electron chi connectivity index (χ3n) is 5.86. The SMILES string of the molecule is Cc1ncsc1-c1ccc(NNC(=O)[C@@H]2C[C@@H](O)CN2C(=O)C(NC(=O)OC(C)(C)C)C(C)(C)C)cc1. The standard InChI is InChI=1S/C26H37N5O5S/c1-15-20(37-14-27-15)16-8-10-17(11-9-16)29-30-22(33)19-12-18(32)13-31(19)23(34)21(25(2,3)4)28-24(35)36-26(5,6)7/h8-11,14,18-19,21,29,32H,12-13H2,1-7H3,(H,28,35)(H,30,33)/t18-,19+,21?/m1/s1. The van der Waals surface area contributed by atoms with Crippen LogP contribution >= 0.6 is 11.3 Å². The lowest BCUT2D eigenvalue weighted by Crippen LogP contribution is -2.58. The number of hydrogen-bond acceptors (Lipinski definition) is 8. The fraction of sp³-hybridized carbons (Fsp3) is 0.538. The lowest BCUT2D eigenvalue weighted by molar-refractivity contribution is -0.142. The third-order valence-corrected chi connectivity index (χ3v) is 6.84. The molecule has 202 valence electrons. The molecule has 0 radical (unpaired) electrons. The summed E-state index contributed by atoms with van der Waals surface area (Å²) in [6.45, 7) is 12.6. The molecule has 3 atom stereocenters. The number of nitrogens with zero attached hydrogens (tertiary/aromatic N) is 2. The quantitative estimate of drug-likeness (QED) is 0.420. The van der Waals surface area contributed by atoms with E-state index in [1.807, 2.05) is 52.0 Å². The molecule has 0 spiro atoms. The number of carbonyl (C=O) groups is 3. The first kappa shape index (κ1) is 28.4. The maximum absolute atomic E-state index is 13.5. The van der Waals surface area contributed by atoms with Crippen molar-refractivity contribution in [3.05, 3.63) is 35.5 Å². The highest BCUT2D eigenvalue weighted by molar-refractivity contribution is 7.13. The molecule has 0 saturated carbocycles. The van der Waals surface area contributed by atoms with Gasteiger partial charge < -0.3 is 20.1 Å². The smallest absolute Gasteiger partial charge is 0.408 e. The van der Waals surface area contributed by atoms with E-state index in [0.29, 0.717) is 5.69 Å². The molecule has 37 heavy (non-hydrogen) atoms. The van der Waals surface area contributed by atoms with Gasteiger partial charge in [0.05, 0.1) is 27.9 Å². The van der Waals surface area contributed by atoms with Gasteiger partial charge in [-0.2, -0.15) is 0 Å². The van der Waals surface area contributed by atoms with Gasteiger partial charge in [-0.05, 0) is 50.8 Å². The van der Waals surface area contributed by atoms with E-state index in [4.69, 9.17) is 4.74 Å². The monoisotopic (exact) mass is 531 g/mol. The van der Waals surface area contributed by atoms with Crippen molar-refractivity contribution in [2.75, 3.05) is 12.0 Å². The van der Waals surface area contributed by atoms with Crippen LogP contribution in [0.25, 0.3) is 10.4 Å². The minimum atomic E-state index is -0.960. The van der Waals surface area contributed by atoms with E-state index in [1.54, 1.807) is 37.6 Å². The third kappa shape index (κ3) is 7.42. The molecule has 1 aliphatic rings. The molecule has 2 heterocycles. The number of benzene rings is 1. The number of ether oxygens (including phenoxy) is 1. The minimum absolute atomic E-state index is 0.0115. The number of amides is 3. The zero-order valence-corrected chi connectivity index (χ0v) is 23.2. The predicted molar refractivity (Wildman–Crippen MR) is 143 cm³/mol. The van der Waals surface area contributed by atoms with E-state index >= 15 is 0 Å². The second-order valence-corrected chi connectivity index (χ2v) is 12.2. The lowest BCUT2D eigenvalue weighted by atomic mass is 9.85. The molecular formula is C26H37N5O5S. The number of likely N-dealkylation sites (tertiary alicyclic amines) is 1. The second kappa shape index (κ2) is 11.1. The summed E-state index contributed by atoms with van der Waals surface area (Å²) in [5.41, 5.74) is 8.57. The molecular weight excluding hydrogens is 494 g/mol. The van der Waals surface area contributed by atoms with Gasteiger partial charge in [-0.25, -0.2) is 9.78 Å². The molecule has 3 rings (SSSR count). The van der Waals surface area contributed by atoms with E-state index in [-0.39, 0.29) is 13.0 Å². The Morgan fingerprint density at radius 3 is 2.32 bits per heavy atom. The van der Waals surface area contributed by atoms with Crippen LogP contribution in [0.2, 0.25) is 0 Å². The molecule has 1 fully saturated rings. The fourth-order valence-corrected chi connectivity index (χ4v) is 4.86. The molecule has 1 aromatic carbocycles. The minimum Gasteiger partial charge on any atom is -0.444 e. The van der Waals surface area contributed by atoms with E-state index in [0.717, 1.165) is 16.1 Å². The first-order chi connectivity index (χ1) is 17.2. The van der Waals surface area contributed by atoms with Crippen LogP contribution in [-0.4, -0.2) is 63.2 Å². The maximum Gasteiger partial charge on any atom is 0.408 e. The second-order valence-electron chi connectivity index (χ2n) is 11.3. The highest BCUT2D eigenvalue weighted by Gasteiger charge is 2.45. The van der Waals surface area contributed by atoms with Crippen LogP contribution in [0.1, 0.15) is 53.7 Å². The Hall–Kier alpha value is -3.18. The normalized spacial score (nSPS) is 18.8. The van der Waals surface area contributed by atoms with Crippen LogP contribution in [-0.2, 0) is 14.3 Å². The van der Waals surface area contributed by atoms with Crippen LogP contribution in [0.15, 0.2) is 29.8 Å². The number of anilines is 1. The van der Waals surface area contributed by atoms with Gasteiger partial charge >= 0.3 is 6.09 Å². The van der Waals surface area contributed by atoms with Crippen molar-refractivity contribution in [3.8, 4) is 10.4 Å². The number of hydrazine groups is 1. The first-order valence-corrected chi connectivity index (χ1v) is 13.1. The van der Waals surface area contributed by atoms with Crippen molar-refractivity contribution >= 4 is 34.9 Å². The summed E-state index contributed by atoms with van der Waals surface area (Å²) in [5, 5.41) is 13.0. The Labute approximate surface area is 221 Å². The van der Waals surface area contributed by atoms with Gasteiger partial charge in [0.25, 0.3) is 5.91 Å². The van der Waals surface area contributed by atoms with Crippen LogP contribution in [0.4, 0.5) is 10.5 Å². The molecule has 11 heteroatoms. The van der Waals surface area contributed by atoms with Crippen molar-refractivity contribution in [2.45, 2.75) is 78.7 Å². The largest absolute Gasteiger partial charge is 0.444 e. The van der Waals surface area contributed by atoms with Crippen LogP contribution < -0.4 is 16.2 Å².